The molecule has 0 atom stereocenters. The predicted octanol–water partition coefficient (Wildman–Crippen LogP) is 2.71. The number of nitrogens with zero attached hydrogens (tertiary/aromatic N) is 1. The Morgan fingerprint density at radius 3 is 2.48 bits per heavy atom. The van der Waals surface area contributed by atoms with Gasteiger partial charge in [-0.1, -0.05) is 0 Å². The van der Waals surface area contributed by atoms with Crippen molar-refractivity contribution in [1.29, 1.82) is 0 Å². The Kier molecular flexibility index (Phi) is 5.31. The summed E-state index contributed by atoms with van der Waals surface area (Å²) in [5.41, 5.74) is -0.257. The molecule has 0 fully saturated rings. The molecule has 0 radical (unpaired) electrons. The highest BCUT2D eigenvalue weighted by Crippen LogP contribution is 2.33. The summed E-state index contributed by atoms with van der Waals surface area (Å²) >= 11 is 0. The highest BCUT2D eigenvalue weighted by atomic mass is 19.1. The highest BCUT2D eigenvalue weighted by molar-refractivity contribution is 5.98. The Morgan fingerprint density at radius 2 is 1.96 bits per heavy atom. The van der Waals surface area contributed by atoms with Gasteiger partial charge in [0.2, 0.25) is 0 Å². The van der Waals surface area contributed by atoms with Crippen LogP contribution >= 0.6 is 0 Å². The second-order valence-electron chi connectivity index (χ2n) is 5.31. The van der Waals surface area contributed by atoms with Crippen molar-refractivity contribution in [1.82, 2.24) is 4.90 Å². The molecule has 0 spiro atoms. The Morgan fingerprint density at radius 1 is 1.28 bits per heavy atom. The molecule has 1 N–H and O–H groups in total. The van der Waals surface area contributed by atoms with Crippen molar-refractivity contribution in [3.63, 3.8) is 0 Å². The molecule has 2 rings (SSSR count). The fourth-order valence-corrected chi connectivity index (χ4v) is 2.43. The first kappa shape index (κ1) is 18.3. The van der Waals surface area contributed by atoms with E-state index < -0.39 is 17.7 Å². The second-order valence-corrected chi connectivity index (χ2v) is 5.31. The maximum absolute atomic E-state index is 14.2. The summed E-state index contributed by atoms with van der Waals surface area (Å²) in [6, 6.07) is 3.81. The van der Waals surface area contributed by atoms with Gasteiger partial charge in [-0.3, -0.25) is 4.79 Å². The first-order valence-corrected chi connectivity index (χ1v) is 7.28. The maximum atomic E-state index is 14.2. The van der Waals surface area contributed by atoms with Crippen LogP contribution in [0, 0.1) is 12.7 Å². The molecule has 8 heteroatoms. The third kappa shape index (κ3) is 3.57. The quantitative estimate of drug-likeness (QED) is 0.861. The fourth-order valence-electron chi connectivity index (χ4n) is 2.43. The summed E-state index contributed by atoms with van der Waals surface area (Å²) in [7, 11) is 4.13. The Balaban J connectivity index is 2.32. The number of hydrogen-bond donors (Lipinski definition) is 1. The van der Waals surface area contributed by atoms with Gasteiger partial charge in [0.15, 0.2) is 11.5 Å². The number of ether oxygens (including phenoxy) is 2. The number of halogens is 1. The van der Waals surface area contributed by atoms with Crippen LogP contribution in [0.1, 0.15) is 32.2 Å². The van der Waals surface area contributed by atoms with E-state index in [1.54, 1.807) is 0 Å². The first-order chi connectivity index (χ1) is 11.8. The number of hydrogen-bond acceptors (Lipinski definition) is 5. The molecule has 0 aliphatic rings. The molecule has 1 heterocycles. The molecule has 0 saturated heterocycles. The topological polar surface area (TPSA) is 89.2 Å². The maximum Gasteiger partial charge on any atom is 0.339 e. The van der Waals surface area contributed by atoms with Gasteiger partial charge >= 0.3 is 5.97 Å². The lowest BCUT2D eigenvalue weighted by Gasteiger charge is -2.19. The number of carbonyl (C=O) groups excluding carboxylic acids is 1. The SMILES string of the molecule is COc1ccc(F)c(C(=O)N(C)Cc2cc(C(=O)O)c(C)o2)c1OC. The van der Waals surface area contributed by atoms with Gasteiger partial charge in [0.25, 0.3) is 5.91 Å². The van der Waals surface area contributed by atoms with E-state index in [4.69, 9.17) is 19.0 Å². The smallest absolute Gasteiger partial charge is 0.339 e. The van der Waals surface area contributed by atoms with Crippen molar-refractivity contribution in [3.8, 4) is 11.5 Å². The molecule has 2 aromatic rings. The van der Waals surface area contributed by atoms with Crippen LogP contribution < -0.4 is 9.47 Å². The summed E-state index contributed by atoms with van der Waals surface area (Å²) in [6.07, 6.45) is 0. The number of aryl methyl sites for hydroxylation is 1. The monoisotopic (exact) mass is 351 g/mol. The van der Waals surface area contributed by atoms with Gasteiger partial charge in [0, 0.05) is 7.05 Å². The summed E-state index contributed by atoms with van der Waals surface area (Å²) in [6.45, 7) is 1.48. The van der Waals surface area contributed by atoms with Crippen molar-refractivity contribution < 1.29 is 33.0 Å². The zero-order valence-corrected chi connectivity index (χ0v) is 14.3. The number of aromatic carboxylic acids is 1. The molecule has 25 heavy (non-hydrogen) atoms. The number of furan rings is 1. The van der Waals surface area contributed by atoms with Crippen molar-refractivity contribution in [2.24, 2.45) is 0 Å². The van der Waals surface area contributed by atoms with Gasteiger partial charge in [-0.15, -0.1) is 0 Å². The average Bonchev–Trinajstić information content (AvgIpc) is 2.94. The van der Waals surface area contributed by atoms with E-state index in [1.165, 1.54) is 45.2 Å². The van der Waals surface area contributed by atoms with Crippen LogP contribution in [-0.4, -0.2) is 43.2 Å². The summed E-state index contributed by atoms with van der Waals surface area (Å²) in [5, 5.41) is 9.04. The summed E-state index contributed by atoms with van der Waals surface area (Å²) < 4.78 is 29.7. The molecule has 1 aromatic carbocycles. The lowest BCUT2D eigenvalue weighted by Crippen LogP contribution is -2.27. The van der Waals surface area contributed by atoms with Crippen LogP contribution in [0.15, 0.2) is 22.6 Å². The molecule has 0 unspecified atom stereocenters. The first-order valence-electron chi connectivity index (χ1n) is 7.28. The van der Waals surface area contributed by atoms with Crippen molar-refractivity contribution >= 4 is 11.9 Å². The number of amides is 1. The molecular formula is C17H18FNO6. The minimum absolute atomic E-state index is 0.0128. The third-order valence-corrected chi connectivity index (χ3v) is 3.65. The van der Waals surface area contributed by atoms with E-state index >= 15 is 0 Å². The van der Waals surface area contributed by atoms with Gasteiger partial charge in [0.05, 0.1) is 20.8 Å². The van der Waals surface area contributed by atoms with Crippen LogP contribution in [0.2, 0.25) is 0 Å². The van der Waals surface area contributed by atoms with E-state index in [-0.39, 0.29) is 40.7 Å². The van der Waals surface area contributed by atoms with Crippen LogP contribution in [0.5, 0.6) is 11.5 Å². The van der Waals surface area contributed by atoms with Crippen molar-refractivity contribution in [2.75, 3.05) is 21.3 Å². The molecule has 0 aliphatic heterocycles. The minimum Gasteiger partial charge on any atom is -0.493 e. The third-order valence-electron chi connectivity index (χ3n) is 3.65. The molecule has 134 valence electrons. The summed E-state index contributed by atoms with van der Waals surface area (Å²) in [5.74, 6) is -1.82. The number of carboxylic acid groups (broad SMARTS) is 1. The standard InChI is InChI=1S/C17H18FNO6/c1-9-11(17(21)22)7-10(25-9)8-19(2)16(20)14-12(18)5-6-13(23-3)15(14)24-4/h5-7H,8H2,1-4H3,(H,21,22). The number of methoxy groups -OCH3 is 2. The molecule has 0 saturated carbocycles. The zero-order valence-electron chi connectivity index (χ0n) is 14.3. The van der Waals surface area contributed by atoms with E-state index in [2.05, 4.69) is 0 Å². The van der Waals surface area contributed by atoms with Gasteiger partial charge in [0.1, 0.15) is 28.5 Å². The van der Waals surface area contributed by atoms with E-state index in [1.807, 2.05) is 0 Å². The molecule has 7 nitrogen and oxygen atoms in total. The van der Waals surface area contributed by atoms with Crippen molar-refractivity contribution in [2.45, 2.75) is 13.5 Å². The van der Waals surface area contributed by atoms with Crippen LogP contribution in [-0.2, 0) is 6.54 Å². The van der Waals surface area contributed by atoms with Gasteiger partial charge in [-0.25, -0.2) is 9.18 Å². The van der Waals surface area contributed by atoms with E-state index in [0.717, 1.165) is 6.07 Å². The number of benzene rings is 1. The molecular weight excluding hydrogens is 333 g/mol. The largest absolute Gasteiger partial charge is 0.493 e. The van der Waals surface area contributed by atoms with Gasteiger partial charge in [-0.05, 0) is 25.1 Å². The molecule has 1 aromatic heterocycles. The second kappa shape index (κ2) is 7.25. The molecule has 0 bridgehead atoms. The fraction of sp³-hybridized carbons (Fsp3) is 0.294. The highest BCUT2D eigenvalue weighted by Gasteiger charge is 2.25. The normalized spacial score (nSPS) is 10.4. The van der Waals surface area contributed by atoms with Crippen molar-refractivity contribution in [3.05, 3.63) is 46.7 Å². The number of carboxylic acids is 1. The van der Waals surface area contributed by atoms with Gasteiger partial charge in [-0.2, -0.15) is 0 Å². The van der Waals surface area contributed by atoms with Crippen LogP contribution in [0.25, 0.3) is 0 Å². The molecule has 0 aliphatic carbocycles. The minimum atomic E-state index is -1.12. The predicted molar refractivity (Wildman–Crippen MR) is 85.7 cm³/mol. The number of rotatable bonds is 6. The lowest BCUT2D eigenvalue weighted by atomic mass is 10.1. The Bertz CT molecular complexity index is 814. The number of carbonyl (C=O) groups is 2. The zero-order chi connectivity index (χ0) is 18.7. The van der Waals surface area contributed by atoms with E-state index in [9.17, 15) is 14.0 Å². The lowest BCUT2D eigenvalue weighted by molar-refractivity contribution is 0.0693. The Labute approximate surface area is 143 Å². The average molecular weight is 351 g/mol. The summed E-state index contributed by atoms with van der Waals surface area (Å²) in [4.78, 5) is 24.9. The van der Waals surface area contributed by atoms with Crippen LogP contribution in [0.3, 0.4) is 0 Å². The van der Waals surface area contributed by atoms with Gasteiger partial charge < -0.3 is 23.9 Å². The van der Waals surface area contributed by atoms with E-state index in [0.29, 0.717) is 0 Å². The molecule has 1 amide bonds. The van der Waals surface area contributed by atoms with Crippen LogP contribution in [0.4, 0.5) is 4.39 Å². The Hall–Kier alpha value is -3.03.